The van der Waals surface area contributed by atoms with Gasteiger partial charge in [0.25, 0.3) is 0 Å². The first kappa shape index (κ1) is 20.9. The van der Waals surface area contributed by atoms with Crippen LogP contribution in [0.4, 0.5) is 0 Å². The Labute approximate surface area is 175 Å². The van der Waals surface area contributed by atoms with E-state index in [2.05, 4.69) is 28.6 Å². The standard InChI is InChI=1S/C22H25N3O3S/c1-14(2)25-21(17-8-12-19(28-5)13-9-17)23-24-22(25)29-15(3)20(26)16-6-10-18(27-4)11-7-16/h6-15H,1-5H3/t15-/m0/s1. The number of carbonyl (C=O) groups excluding carboxylic acids is 1. The lowest BCUT2D eigenvalue weighted by molar-refractivity contribution is 0.0993. The van der Waals surface area contributed by atoms with Gasteiger partial charge in [-0.3, -0.25) is 9.36 Å². The molecule has 7 heteroatoms. The summed E-state index contributed by atoms with van der Waals surface area (Å²) in [7, 11) is 3.25. The van der Waals surface area contributed by atoms with Gasteiger partial charge >= 0.3 is 0 Å². The van der Waals surface area contributed by atoms with Gasteiger partial charge in [-0.1, -0.05) is 11.8 Å². The maximum atomic E-state index is 12.8. The Hall–Kier alpha value is -2.80. The number of rotatable bonds is 8. The number of methoxy groups -OCH3 is 2. The lowest BCUT2D eigenvalue weighted by atomic mass is 10.1. The van der Waals surface area contributed by atoms with Gasteiger partial charge in [0.05, 0.1) is 19.5 Å². The van der Waals surface area contributed by atoms with Gasteiger partial charge in [0.2, 0.25) is 0 Å². The van der Waals surface area contributed by atoms with Crippen molar-refractivity contribution in [3.8, 4) is 22.9 Å². The van der Waals surface area contributed by atoms with Gasteiger partial charge in [-0.25, -0.2) is 0 Å². The Morgan fingerprint density at radius 2 is 1.45 bits per heavy atom. The summed E-state index contributed by atoms with van der Waals surface area (Å²) < 4.78 is 12.5. The molecule has 0 saturated heterocycles. The van der Waals surface area contributed by atoms with Crippen LogP contribution in [0.1, 0.15) is 37.2 Å². The van der Waals surface area contributed by atoms with Crippen LogP contribution in [0.5, 0.6) is 11.5 Å². The second kappa shape index (κ2) is 9.13. The van der Waals surface area contributed by atoms with E-state index in [4.69, 9.17) is 9.47 Å². The van der Waals surface area contributed by atoms with Crippen LogP contribution in [0.25, 0.3) is 11.4 Å². The van der Waals surface area contributed by atoms with Crippen molar-refractivity contribution in [1.29, 1.82) is 0 Å². The van der Waals surface area contributed by atoms with Crippen molar-refractivity contribution < 1.29 is 14.3 Å². The van der Waals surface area contributed by atoms with Crippen molar-refractivity contribution in [3.63, 3.8) is 0 Å². The number of thioether (sulfide) groups is 1. The molecular formula is C22H25N3O3S. The van der Waals surface area contributed by atoms with E-state index in [1.807, 2.05) is 31.2 Å². The van der Waals surface area contributed by atoms with Crippen LogP contribution in [-0.4, -0.2) is 40.0 Å². The maximum Gasteiger partial charge on any atom is 0.192 e. The third-order valence-electron chi connectivity index (χ3n) is 4.56. The Kier molecular flexibility index (Phi) is 6.59. The molecule has 0 aliphatic carbocycles. The Balaban J connectivity index is 1.84. The first-order chi connectivity index (χ1) is 13.9. The number of carbonyl (C=O) groups is 1. The highest BCUT2D eigenvalue weighted by atomic mass is 32.2. The third-order valence-corrected chi connectivity index (χ3v) is 5.61. The van der Waals surface area contributed by atoms with Gasteiger partial charge in [-0.15, -0.1) is 10.2 Å². The van der Waals surface area contributed by atoms with Crippen LogP contribution in [0.15, 0.2) is 53.7 Å². The summed E-state index contributed by atoms with van der Waals surface area (Å²) in [5.74, 6) is 2.33. The number of nitrogens with zero attached hydrogens (tertiary/aromatic N) is 3. The summed E-state index contributed by atoms with van der Waals surface area (Å²) in [5, 5.41) is 9.19. The number of hydrogen-bond donors (Lipinski definition) is 0. The van der Waals surface area contributed by atoms with Crippen molar-refractivity contribution in [2.45, 2.75) is 37.2 Å². The van der Waals surface area contributed by atoms with Crippen molar-refractivity contribution in [2.75, 3.05) is 14.2 Å². The van der Waals surface area contributed by atoms with E-state index >= 15 is 0 Å². The highest BCUT2D eigenvalue weighted by Gasteiger charge is 2.23. The number of ether oxygens (including phenoxy) is 2. The zero-order chi connectivity index (χ0) is 21.0. The molecule has 0 bridgehead atoms. The zero-order valence-electron chi connectivity index (χ0n) is 17.2. The third kappa shape index (κ3) is 4.62. The largest absolute Gasteiger partial charge is 0.497 e. The van der Waals surface area contributed by atoms with Crippen molar-refractivity contribution >= 4 is 17.5 Å². The van der Waals surface area contributed by atoms with Gasteiger partial charge in [-0.2, -0.15) is 0 Å². The molecular weight excluding hydrogens is 386 g/mol. The minimum Gasteiger partial charge on any atom is -0.497 e. The Bertz CT molecular complexity index is 966. The van der Waals surface area contributed by atoms with Gasteiger partial charge in [0, 0.05) is 17.2 Å². The summed E-state index contributed by atoms with van der Waals surface area (Å²) in [5.41, 5.74) is 1.60. The molecule has 29 heavy (non-hydrogen) atoms. The SMILES string of the molecule is COc1ccc(C(=O)[C@H](C)Sc2nnc(-c3ccc(OC)cc3)n2C(C)C)cc1. The summed E-state index contributed by atoms with van der Waals surface area (Å²) >= 11 is 1.42. The average molecular weight is 412 g/mol. The normalized spacial score (nSPS) is 12.1. The molecule has 1 atom stereocenters. The molecule has 0 unspecified atom stereocenters. The fraction of sp³-hybridized carbons (Fsp3) is 0.318. The van der Waals surface area contributed by atoms with Gasteiger partial charge in [-0.05, 0) is 69.3 Å². The Morgan fingerprint density at radius 1 is 0.897 bits per heavy atom. The van der Waals surface area contributed by atoms with Crippen LogP contribution in [0, 0.1) is 0 Å². The fourth-order valence-electron chi connectivity index (χ4n) is 2.96. The molecule has 0 fully saturated rings. The summed E-state index contributed by atoms with van der Waals surface area (Å²) in [4.78, 5) is 12.8. The molecule has 0 aliphatic heterocycles. The minimum atomic E-state index is -0.297. The van der Waals surface area contributed by atoms with Crippen LogP contribution >= 0.6 is 11.8 Å². The van der Waals surface area contributed by atoms with Gasteiger partial charge < -0.3 is 9.47 Å². The molecule has 1 heterocycles. The summed E-state index contributed by atoms with van der Waals surface area (Å²) in [6, 6.07) is 15.0. The molecule has 1 aromatic heterocycles. The van der Waals surface area contributed by atoms with Crippen molar-refractivity contribution in [1.82, 2.24) is 14.8 Å². The van der Waals surface area contributed by atoms with Crippen LogP contribution < -0.4 is 9.47 Å². The maximum absolute atomic E-state index is 12.8. The molecule has 3 rings (SSSR count). The zero-order valence-corrected chi connectivity index (χ0v) is 18.1. The molecule has 2 aromatic carbocycles. The van der Waals surface area contributed by atoms with Crippen LogP contribution in [-0.2, 0) is 0 Å². The first-order valence-corrected chi connectivity index (χ1v) is 10.3. The lowest BCUT2D eigenvalue weighted by Crippen LogP contribution is -2.15. The predicted octanol–water partition coefficient (Wildman–Crippen LogP) is 4.91. The lowest BCUT2D eigenvalue weighted by Gasteiger charge is -2.16. The van der Waals surface area contributed by atoms with E-state index in [0.29, 0.717) is 5.56 Å². The minimum absolute atomic E-state index is 0.0435. The molecule has 0 saturated carbocycles. The topological polar surface area (TPSA) is 66.2 Å². The highest BCUT2D eigenvalue weighted by molar-refractivity contribution is 8.00. The van der Waals surface area contributed by atoms with E-state index in [1.54, 1.807) is 38.5 Å². The highest BCUT2D eigenvalue weighted by Crippen LogP contribution is 2.31. The molecule has 3 aromatic rings. The molecule has 0 aliphatic rings. The van der Waals surface area contributed by atoms with E-state index in [9.17, 15) is 4.79 Å². The number of aromatic nitrogens is 3. The monoisotopic (exact) mass is 411 g/mol. The molecule has 0 radical (unpaired) electrons. The number of Topliss-reactive ketones (excluding diaryl/α,β-unsaturated/α-hetero) is 1. The van der Waals surface area contributed by atoms with E-state index in [1.165, 1.54) is 11.8 Å². The number of ketones is 1. The van der Waals surface area contributed by atoms with Gasteiger partial charge in [0.1, 0.15) is 11.5 Å². The quantitative estimate of drug-likeness (QED) is 0.388. The van der Waals surface area contributed by atoms with E-state index in [-0.39, 0.29) is 17.1 Å². The summed E-state index contributed by atoms with van der Waals surface area (Å²) in [6.45, 7) is 6.05. The first-order valence-electron chi connectivity index (χ1n) is 9.38. The average Bonchev–Trinajstić information content (AvgIpc) is 3.17. The fourth-order valence-corrected chi connectivity index (χ4v) is 4.02. The number of hydrogen-bond acceptors (Lipinski definition) is 6. The van der Waals surface area contributed by atoms with Crippen molar-refractivity contribution in [2.24, 2.45) is 0 Å². The van der Waals surface area contributed by atoms with Crippen molar-refractivity contribution in [3.05, 3.63) is 54.1 Å². The second-order valence-corrected chi connectivity index (χ2v) is 8.16. The smallest absolute Gasteiger partial charge is 0.192 e. The molecule has 0 amide bonds. The molecule has 152 valence electrons. The van der Waals surface area contributed by atoms with E-state index < -0.39 is 0 Å². The Morgan fingerprint density at radius 3 is 1.97 bits per heavy atom. The van der Waals surface area contributed by atoms with E-state index in [0.717, 1.165) is 28.0 Å². The second-order valence-electron chi connectivity index (χ2n) is 6.85. The molecule has 0 spiro atoms. The number of benzene rings is 2. The van der Waals surface area contributed by atoms with Gasteiger partial charge in [0.15, 0.2) is 16.8 Å². The summed E-state index contributed by atoms with van der Waals surface area (Å²) in [6.07, 6.45) is 0. The molecule has 6 nitrogen and oxygen atoms in total. The molecule has 0 N–H and O–H groups in total. The predicted molar refractivity (Wildman–Crippen MR) is 115 cm³/mol. The van der Waals surface area contributed by atoms with Crippen LogP contribution in [0.3, 0.4) is 0 Å². The van der Waals surface area contributed by atoms with Crippen LogP contribution in [0.2, 0.25) is 0 Å².